The first-order valence-corrected chi connectivity index (χ1v) is 6.69. The van der Waals surface area contributed by atoms with Crippen molar-refractivity contribution < 1.29 is 4.79 Å². The molecule has 4 heteroatoms. The van der Waals surface area contributed by atoms with Gasteiger partial charge in [-0.15, -0.1) is 0 Å². The topological polar surface area (TPSA) is 68.0 Å². The molecule has 1 aromatic carbocycles. The van der Waals surface area contributed by atoms with Crippen LogP contribution in [0.3, 0.4) is 0 Å². The first kappa shape index (κ1) is 14.1. The zero-order valence-corrected chi connectivity index (χ0v) is 11.8. The van der Waals surface area contributed by atoms with Crippen LogP contribution in [0.1, 0.15) is 34.1 Å². The van der Waals surface area contributed by atoms with Crippen LogP contribution in [0.4, 0.5) is 5.69 Å². The predicted octanol–water partition coefficient (Wildman–Crippen LogP) is 2.46. The van der Waals surface area contributed by atoms with Crippen molar-refractivity contribution >= 4 is 11.6 Å². The van der Waals surface area contributed by atoms with Crippen LogP contribution in [0.25, 0.3) is 0 Å². The Hall–Kier alpha value is -2.36. The summed E-state index contributed by atoms with van der Waals surface area (Å²) >= 11 is 0. The Morgan fingerprint density at radius 3 is 2.65 bits per heavy atom. The lowest BCUT2D eigenvalue weighted by Gasteiger charge is -2.10. The van der Waals surface area contributed by atoms with Gasteiger partial charge in [-0.1, -0.05) is 31.2 Å². The van der Waals surface area contributed by atoms with E-state index in [0.717, 1.165) is 17.7 Å². The van der Waals surface area contributed by atoms with Crippen molar-refractivity contribution in [3.63, 3.8) is 0 Å². The van der Waals surface area contributed by atoms with Gasteiger partial charge in [-0.05, 0) is 30.5 Å². The summed E-state index contributed by atoms with van der Waals surface area (Å²) in [6, 6.07) is 9.78. The molecule has 2 aromatic rings. The number of benzene rings is 1. The fourth-order valence-corrected chi connectivity index (χ4v) is 2.12. The fourth-order valence-electron chi connectivity index (χ4n) is 2.12. The lowest BCUT2D eigenvalue weighted by atomic mass is 10.1. The zero-order valence-electron chi connectivity index (χ0n) is 11.8. The molecule has 0 aliphatic rings. The Balaban J connectivity index is 2.09. The van der Waals surface area contributed by atoms with E-state index in [9.17, 15) is 4.79 Å². The first-order chi connectivity index (χ1) is 9.61. The van der Waals surface area contributed by atoms with Crippen molar-refractivity contribution in [1.82, 2.24) is 10.3 Å². The number of hydrogen-bond donors (Lipinski definition) is 2. The quantitative estimate of drug-likeness (QED) is 0.896. The third-order valence-corrected chi connectivity index (χ3v) is 3.26. The Morgan fingerprint density at radius 2 is 2.00 bits per heavy atom. The second-order valence-corrected chi connectivity index (χ2v) is 4.72. The molecule has 0 aliphatic heterocycles. The van der Waals surface area contributed by atoms with Gasteiger partial charge < -0.3 is 11.1 Å². The van der Waals surface area contributed by atoms with E-state index in [4.69, 9.17) is 5.73 Å². The summed E-state index contributed by atoms with van der Waals surface area (Å²) in [4.78, 5) is 16.2. The minimum Gasteiger partial charge on any atom is -0.398 e. The zero-order chi connectivity index (χ0) is 14.5. The number of nitrogens with two attached hydrogens (primary N) is 1. The number of carbonyl (C=O) groups excluding carboxylic acids is 1. The predicted molar refractivity (Wildman–Crippen MR) is 80.4 cm³/mol. The van der Waals surface area contributed by atoms with Crippen LogP contribution in [-0.2, 0) is 13.0 Å². The Labute approximate surface area is 119 Å². The van der Waals surface area contributed by atoms with Crippen molar-refractivity contribution in [2.24, 2.45) is 0 Å². The van der Waals surface area contributed by atoms with Crippen LogP contribution >= 0.6 is 0 Å². The van der Waals surface area contributed by atoms with E-state index in [2.05, 4.69) is 23.3 Å². The average Bonchev–Trinajstić information content (AvgIpc) is 2.45. The van der Waals surface area contributed by atoms with E-state index in [0.29, 0.717) is 17.8 Å². The number of aromatic nitrogens is 1. The highest BCUT2D eigenvalue weighted by atomic mass is 16.1. The smallest absolute Gasteiger partial charge is 0.255 e. The maximum Gasteiger partial charge on any atom is 0.255 e. The van der Waals surface area contributed by atoms with E-state index < -0.39 is 0 Å². The van der Waals surface area contributed by atoms with Crippen molar-refractivity contribution in [3.05, 3.63) is 58.9 Å². The molecule has 1 amide bonds. The van der Waals surface area contributed by atoms with Gasteiger partial charge >= 0.3 is 0 Å². The van der Waals surface area contributed by atoms with E-state index in [1.165, 1.54) is 11.8 Å². The van der Waals surface area contributed by atoms with Crippen molar-refractivity contribution in [2.45, 2.75) is 26.8 Å². The highest BCUT2D eigenvalue weighted by molar-refractivity contribution is 5.98. The van der Waals surface area contributed by atoms with Crippen molar-refractivity contribution in [1.29, 1.82) is 0 Å². The molecule has 104 valence electrons. The molecule has 1 heterocycles. The number of anilines is 1. The largest absolute Gasteiger partial charge is 0.398 e. The van der Waals surface area contributed by atoms with Crippen LogP contribution in [0.2, 0.25) is 0 Å². The first-order valence-electron chi connectivity index (χ1n) is 6.69. The fraction of sp³-hybridized carbons (Fsp3) is 0.250. The monoisotopic (exact) mass is 269 g/mol. The summed E-state index contributed by atoms with van der Waals surface area (Å²) in [6.45, 7) is 4.44. The van der Waals surface area contributed by atoms with E-state index in [-0.39, 0.29) is 5.91 Å². The molecule has 0 radical (unpaired) electrons. The molecule has 0 saturated carbocycles. The van der Waals surface area contributed by atoms with Crippen LogP contribution in [0.15, 0.2) is 36.5 Å². The third kappa shape index (κ3) is 3.15. The number of rotatable bonds is 4. The molecular formula is C16H19N3O. The highest BCUT2D eigenvalue weighted by Gasteiger charge is 2.10. The number of pyridine rings is 1. The van der Waals surface area contributed by atoms with Crippen molar-refractivity contribution in [3.8, 4) is 0 Å². The lowest BCUT2D eigenvalue weighted by molar-refractivity contribution is 0.0951. The molecular weight excluding hydrogens is 250 g/mol. The molecule has 3 N–H and O–H groups in total. The number of nitrogen functional groups attached to an aromatic ring is 1. The SMILES string of the molecule is CCc1ccccc1CNC(=O)c1cnc(C)cc1N. The second kappa shape index (κ2) is 6.19. The molecule has 0 unspecified atom stereocenters. The van der Waals surface area contributed by atoms with Crippen LogP contribution < -0.4 is 11.1 Å². The summed E-state index contributed by atoms with van der Waals surface area (Å²) < 4.78 is 0. The normalized spacial score (nSPS) is 10.3. The molecule has 2 rings (SSSR count). The van der Waals surface area contributed by atoms with Gasteiger partial charge in [0, 0.05) is 24.1 Å². The molecule has 0 fully saturated rings. The van der Waals surface area contributed by atoms with Gasteiger partial charge in [-0.25, -0.2) is 0 Å². The minimum atomic E-state index is -0.194. The lowest BCUT2D eigenvalue weighted by Crippen LogP contribution is -2.24. The Morgan fingerprint density at radius 1 is 1.30 bits per heavy atom. The summed E-state index contributed by atoms with van der Waals surface area (Å²) in [5.41, 5.74) is 9.89. The van der Waals surface area contributed by atoms with E-state index in [1.54, 1.807) is 6.07 Å². The van der Waals surface area contributed by atoms with Gasteiger partial charge in [-0.2, -0.15) is 0 Å². The molecule has 1 aromatic heterocycles. The number of carbonyl (C=O) groups is 1. The third-order valence-electron chi connectivity index (χ3n) is 3.26. The molecule has 0 spiro atoms. The van der Waals surface area contributed by atoms with Gasteiger partial charge in [0.2, 0.25) is 0 Å². The molecule has 4 nitrogen and oxygen atoms in total. The summed E-state index contributed by atoms with van der Waals surface area (Å²) in [5, 5.41) is 2.89. The molecule has 0 bridgehead atoms. The summed E-state index contributed by atoms with van der Waals surface area (Å²) in [7, 11) is 0. The van der Waals surface area contributed by atoms with E-state index in [1.807, 2.05) is 25.1 Å². The maximum absolute atomic E-state index is 12.1. The van der Waals surface area contributed by atoms with Crippen molar-refractivity contribution in [2.75, 3.05) is 5.73 Å². The standard InChI is InChI=1S/C16H19N3O/c1-3-12-6-4-5-7-13(12)9-19-16(20)14-10-18-11(2)8-15(14)17/h4-8,10H,3,9H2,1-2H3,(H2,17,18)(H,19,20). The Bertz CT molecular complexity index is 623. The van der Waals surface area contributed by atoms with E-state index >= 15 is 0 Å². The number of nitrogens with zero attached hydrogens (tertiary/aromatic N) is 1. The molecule has 0 atom stereocenters. The number of aryl methyl sites for hydroxylation is 2. The highest BCUT2D eigenvalue weighted by Crippen LogP contribution is 2.13. The maximum atomic E-state index is 12.1. The second-order valence-electron chi connectivity index (χ2n) is 4.72. The average molecular weight is 269 g/mol. The number of hydrogen-bond acceptors (Lipinski definition) is 3. The van der Waals surface area contributed by atoms with Crippen LogP contribution in [-0.4, -0.2) is 10.9 Å². The molecule has 0 saturated heterocycles. The van der Waals surface area contributed by atoms with Gasteiger partial charge in [0.25, 0.3) is 5.91 Å². The van der Waals surface area contributed by atoms with Crippen LogP contribution in [0, 0.1) is 6.92 Å². The van der Waals surface area contributed by atoms with Gasteiger partial charge in [0.15, 0.2) is 0 Å². The number of amides is 1. The van der Waals surface area contributed by atoms with Crippen LogP contribution in [0.5, 0.6) is 0 Å². The Kier molecular flexibility index (Phi) is 4.35. The molecule has 0 aliphatic carbocycles. The van der Waals surface area contributed by atoms with Gasteiger partial charge in [-0.3, -0.25) is 9.78 Å². The van der Waals surface area contributed by atoms with Gasteiger partial charge in [0.1, 0.15) is 0 Å². The number of nitrogens with one attached hydrogen (secondary N) is 1. The minimum absolute atomic E-state index is 0.194. The summed E-state index contributed by atoms with van der Waals surface area (Å²) in [5.74, 6) is -0.194. The van der Waals surface area contributed by atoms with Gasteiger partial charge in [0.05, 0.1) is 5.56 Å². The summed E-state index contributed by atoms with van der Waals surface area (Å²) in [6.07, 6.45) is 2.46. The molecule has 20 heavy (non-hydrogen) atoms.